The number of aliphatic hydroxyl groups excluding tert-OH is 4. The molecule has 1 aromatic rings. The molecule has 10 heteroatoms. The number of allylic oxidation sites excluding steroid dienone is 2. The highest BCUT2D eigenvalue weighted by atomic mass is 16.7. The maximum Gasteiger partial charge on any atom is 0.335 e. The number of carboxylic acids is 1. The Kier molecular flexibility index (Phi) is 4.17. The van der Waals surface area contributed by atoms with Gasteiger partial charge >= 0.3 is 5.97 Å². The fourth-order valence-corrected chi connectivity index (χ4v) is 3.05. The Morgan fingerprint density at radius 1 is 1.12 bits per heavy atom. The van der Waals surface area contributed by atoms with Crippen LogP contribution in [-0.2, 0) is 15.3 Å². The first-order valence-electron chi connectivity index (χ1n) is 7.40. The number of Topliss-reactive ketones (excluding diaryl/α,β-unsaturated/α-hetero) is 1. The van der Waals surface area contributed by atoms with E-state index in [0.717, 1.165) is 6.07 Å². The molecule has 0 amide bonds. The summed E-state index contributed by atoms with van der Waals surface area (Å²) in [7, 11) is 0. The van der Waals surface area contributed by atoms with Crippen LogP contribution < -0.4 is 0 Å². The number of benzene rings is 1. The molecule has 0 bridgehead atoms. The SMILES string of the molecule is O=C1C=C(O)C(=O)c2c1cccc2C1(O)O[C@H](C(=O)O)[C@@H](O)[C@H](O)[C@H]1O. The Morgan fingerprint density at radius 3 is 2.38 bits per heavy atom. The Hall–Kier alpha value is -2.63. The number of carbonyl (C=O) groups excluding carboxylic acids is 2. The first-order valence-corrected chi connectivity index (χ1v) is 7.40. The summed E-state index contributed by atoms with van der Waals surface area (Å²) in [5.74, 6) is -7.42. The third kappa shape index (κ3) is 2.43. The highest BCUT2D eigenvalue weighted by Gasteiger charge is 2.57. The second-order valence-electron chi connectivity index (χ2n) is 5.95. The van der Waals surface area contributed by atoms with E-state index in [2.05, 4.69) is 0 Å². The van der Waals surface area contributed by atoms with E-state index in [-0.39, 0.29) is 5.56 Å². The molecule has 138 valence electrons. The lowest BCUT2D eigenvalue weighted by molar-refractivity contribution is -0.349. The van der Waals surface area contributed by atoms with Crippen LogP contribution in [0.4, 0.5) is 0 Å². The molecule has 2 aliphatic rings. The van der Waals surface area contributed by atoms with Crippen molar-refractivity contribution in [2.45, 2.75) is 30.2 Å². The predicted octanol–water partition coefficient (Wildman–Crippen LogP) is -1.78. The highest BCUT2D eigenvalue weighted by Crippen LogP contribution is 2.40. The largest absolute Gasteiger partial charge is 0.504 e. The van der Waals surface area contributed by atoms with E-state index in [4.69, 9.17) is 9.84 Å². The molecule has 10 nitrogen and oxygen atoms in total. The van der Waals surface area contributed by atoms with E-state index in [1.807, 2.05) is 0 Å². The van der Waals surface area contributed by atoms with Crippen molar-refractivity contribution >= 4 is 17.5 Å². The average Bonchev–Trinajstić information content (AvgIpc) is 2.60. The van der Waals surface area contributed by atoms with Crippen LogP contribution >= 0.6 is 0 Å². The van der Waals surface area contributed by atoms with E-state index < -0.39 is 64.6 Å². The van der Waals surface area contributed by atoms with Crippen molar-refractivity contribution in [2.75, 3.05) is 0 Å². The minimum Gasteiger partial charge on any atom is -0.504 e. The maximum absolute atomic E-state index is 12.3. The fourth-order valence-electron chi connectivity index (χ4n) is 3.05. The van der Waals surface area contributed by atoms with Gasteiger partial charge in [-0.15, -0.1) is 0 Å². The Morgan fingerprint density at radius 2 is 1.77 bits per heavy atom. The number of carbonyl (C=O) groups is 3. The van der Waals surface area contributed by atoms with Gasteiger partial charge in [0.2, 0.25) is 11.6 Å². The molecule has 5 atom stereocenters. The van der Waals surface area contributed by atoms with Gasteiger partial charge in [0.15, 0.2) is 17.6 Å². The van der Waals surface area contributed by atoms with Gasteiger partial charge in [0.25, 0.3) is 0 Å². The zero-order chi connectivity index (χ0) is 19.4. The van der Waals surface area contributed by atoms with Crippen molar-refractivity contribution in [3.05, 3.63) is 46.7 Å². The molecule has 1 saturated heterocycles. The predicted molar refractivity (Wildman–Crippen MR) is 80.2 cm³/mol. The molecule has 26 heavy (non-hydrogen) atoms. The Balaban J connectivity index is 2.21. The number of aliphatic hydroxyl groups is 5. The van der Waals surface area contributed by atoms with Crippen LogP contribution in [0.3, 0.4) is 0 Å². The van der Waals surface area contributed by atoms with Gasteiger partial charge in [-0.05, 0) is 0 Å². The van der Waals surface area contributed by atoms with Crippen molar-refractivity contribution in [2.24, 2.45) is 0 Å². The fraction of sp³-hybridized carbons (Fsp3) is 0.312. The van der Waals surface area contributed by atoms with Gasteiger partial charge in [-0.25, -0.2) is 4.79 Å². The number of ketones is 2. The van der Waals surface area contributed by atoms with Crippen molar-refractivity contribution < 1.29 is 49.8 Å². The Bertz CT molecular complexity index is 843. The lowest BCUT2D eigenvalue weighted by Gasteiger charge is -2.45. The summed E-state index contributed by atoms with van der Waals surface area (Å²) in [5.41, 5.74) is -1.26. The van der Waals surface area contributed by atoms with E-state index in [1.165, 1.54) is 12.1 Å². The van der Waals surface area contributed by atoms with E-state index in [9.17, 15) is 39.9 Å². The second-order valence-corrected chi connectivity index (χ2v) is 5.95. The molecule has 0 radical (unpaired) electrons. The van der Waals surface area contributed by atoms with Crippen LogP contribution in [0.25, 0.3) is 0 Å². The lowest BCUT2D eigenvalue weighted by Crippen LogP contribution is -2.64. The zero-order valence-corrected chi connectivity index (χ0v) is 12.9. The molecule has 3 rings (SSSR count). The molecule has 1 aliphatic heterocycles. The normalized spacial score (nSPS) is 34.2. The Labute approximate surface area is 145 Å². The number of rotatable bonds is 2. The van der Waals surface area contributed by atoms with Gasteiger partial charge in [0.05, 0.1) is 0 Å². The molecule has 0 saturated carbocycles. The first kappa shape index (κ1) is 18.2. The molecule has 1 heterocycles. The van der Waals surface area contributed by atoms with E-state index >= 15 is 0 Å². The summed E-state index contributed by atoms with van der Waals surface area (Å²) < 4.78 is 4.93. The summed E-state index contributed by atoms with van der Waals surface area (Å²) in [4.78, 5) is 35.5. The zero-order valence-electron chi connectivity index (χ0n) is 12.9. The number of ether oxygens (including phenoxy) is 1. The van der Waals surface area contributed by atoms with Crippen molar-refractivity contribution in [3.8, 4) is 0 Å². The van der Waals surface area contributed by atoms with E-state index in [0.29, 0.717) is 6.08 Å². The summed E-state index contributed by atoms with van der Waals surface area (Å²) in [6.07, 6.45) is -7.91. The summed E-state index contributed by atoms with van der Waals surface area (Å²) in [5, 5.41) is 59.4. The molecule has 1 unspecified atom stereocenters. The van der Waals surface area contributed by atoms with Crippen LogP contribution in [-0.4, -0.2) is 72.6 Å². The molecule has 0 aromatic heterocycles. The molecular weight excluding hydrogens is 352 g/mol. The van der Waals surface area contributed by atoms with Gasteiger partial charge in [0, 0.05) is 22.8 Å². The third-order valence-corrected chi connectivity index (χ3v) is 4.38. The number of aliphatic carboxylic acids is 1. The van der Waals surface area contributed by atoms with Crippen LogP contribution in [0.1, 0.15) is 26.3 Å². The molecule has 0 spiro atoms. The van der Waals surface area contributed by atoms with Crippen molar-refractivity contribution in [3.63, 3.8) is 0 Å². The number of fused-ring (bicyclic) bond motifs is 1. The topological polar surface area (TPSA) is 182 Å². The molecule has 1 aromatic carbocycles. The van der Waals surface area contributed by atoms with E-state index in [1.54, 1.807) is 0 Å². The van der Waals surface area contributed by atoms with Crippen molar-refractivity contribution in [1.29, 1.82) is 0 Å². The summed E-state index contributed by atoms with van der Waals surface area (Å²) in [6.45, 7) is 0. The standard InChI is InChI=1S/C16H14O10/c17-7-4-8(18)10(19)9-5(7)2-1-3-6(9)16(25)14(22)12(21)11(20)13(26-16)15(23)24/h1-4,11-14,18,20-22,25H,(H,23,24)/t11-,12-,13-,14+,16?/m0/s1. The minimum absolute atomic E-state index is 0.220. The smallest absolute Gasteiger partial charge is 0.335 e. The number of hydrogen-bond donors (Lipinski definition) is 6. The lowest BCUT2D eigenvalue weighted by atomic mass is 9.81. The second kappa shape index (κ2) is 5.97. The summed E-state index contributed by atoms with van der Waals surface area (Å²) >= 11 is 0. The van der Waals surface area contributed by atoms with Crippen LogP contribution in [0.5, 0.6) is 0 Å². The van der Waals surface area contributed by atoms with Crippen LogP contribution in [0.15, 0.2) is 30.0 Å². The van der Waals surface area contributed by atoms with Crippen LogP contribution in [0, 0.1) is 0 Å². The van der Waals surface area contributed by atoms with Crippen LogP contribution in [0.2, 0.25) is 0 Å². The average molecular weight is 366 g/mol. The van der Waals surface area contributed by atoms with Gasteiger partial charge in [-0.2, -0.15) is 0 Å². The van der Waals surface area contributed by atoms with Gasteiger partial charge in [-0.1, -0.05) is 18.2 Å². The minimum atomic E-state index is -2.94. The van der Waals surface area contributed by atoms with Gasteiger partial charge in [-0.3, -0.25) is 9.59 Å². The van der Waals surface area contributed by atoms with Gasteiger partial charge in [0.1, 0.15) is 18.3 Å². The monoisotopic (exact) mass is 366 g/mol. The first-order chi connectivity index (χ1) is 12.1. The number of hydrogen-bond acceptors (Lipinski definition) is 9. The molecule has 1 fully saturated rings. The number of carboxylic acid groups (broad SMARTS) is 1. The highest BCUT2D eigenvalue weighted by molar-refractivity contribution is 6.24. The third-order valence-electron chi connectivity index (χ3n) is 4.38. The van der Waals surface area contributed by atoms with Crippen molar-refractivity contribution in [1.82, 2.24) is 0 Å². The maximum atomic E-state index is 12.3. The molecule has 6 N–H and O–H groups in total. The molecular formula is C16H14O10. The summed E-state index contributed by atoms with van der Waals surface area (Å²) in [6, 6.07) is 3.52. The quantitative estimate of drug-likeness (QED) is 0.350. The molecule has 1 aliphatic carbocycles. The van der Waals surface area contributed by atoms with Gasteiger partial charge < -0.3 is 35.4 Å².